The highest BCUT2D eigenvalue weighted by atomic mass is 16.1. The van der Waals surface area contributed by atoms with Crippen molar-refractivity contribution in [3.8, 4) is 0 Å². The van der Waals surface area contributed by atoms with Gasteiger partial charge in [0, 0.05) is 36.3 Å². The number of aromatic amines is 2. The number of imidazole rings is 1. The van der Waals surface area contributed by atoms with Gasteiger partial charge in [-0.3, -0.25) is 9.59 Å². The predicted octanol–water partition coefficient (Wildman–Crippen LogP) is 1.24. The van der Waals surface area contributed by atoms with Gasteiger partial charge < -0.3 is 20.6 Å². The lowest BCUT2D eigenvalue weighted by Gasteiger charge is -2.25. The number of aldehydes is 1. The first-order valence-corrected chi connectivity index (χ1v) is 7.17. The zero-order valence-corrected chi connectivity index (χ0v) is 12.6. The number of carbonyl (C=O) groups excluding carboxylic acids is 2. The largest absolute Gasteiger partial charge is 0.368 e. The summed E-state index contributed by atoms with van der Waals surface area (Å²) in [7, 11) is 1.80. The van der Waals surface area contributed by atoms with Crippen LogP contribution < -0.4 is 10.6 Å². The number of hydrogen-bond acceptors (Lipinski definition) is 4. The Labute approximate surface area is 132 Å². The Morgan fingerprint density at radius 1 is 1.39 bits per heavy atom. The van der Waals surface area contributed by atoms with Crippen LogP contribution in [-0.2, 0) is 11.2 Å². The number of nitrogens with zero attached hydrogens (tertiary/aromatic N) is 2. The highest BCUT2D eigenvalue weighted by Gasteiger charge is 2.23. The SMILES string of the molecule is CN(c1cc2ccccc2[nH]1)[C@@H](Cc1cnc(C=O)[nH]1)C(N)=O. The summed E-state index contributed by atoms with van der Waals surface area (Å²) in [4.78, 5) is 34.4. The van der Waals surface area contributed by atoms with E-state index in [0.29, 0.717) is 18.4 Å². The molecule has 7 heteroatoms. The number of nitrogens with two attached hydrogens (primary N) is 1. The molecule has 0 bridgehead atoms. The van der Waals surface area contributed by atoms with E-state index >= 15 is 0 Å². The van der Waals surface area contributed by atoms with Gasteiger partial charge >= 0.3 is 0 Å². The van der Waals surface area contributed by atoms with E-state index in [1.807, 2.05) is 30.3 Å². The summed E-state index contributed by atoms with van der Waals surface area (Å²) in [5.74, 6) is 0.579. The Balaban J connectivity index is 1.87. The average Bonchev–Trinajstić information content (AvgIpc) is 3.17. The molecule has 1 amide bonds. The number of primary amides is 1. The van der Waals surface area contributed by atoms with Gasteiger partial charge in [0.15, 0.2) is 12.1 Å². The van der Waals surface area contributed by atoms with Crippen LogP contribution in [0.15, 0.2) is 36.5 Å². The third-order valence-corrected chi connectivity index (χ3v) is 3.86. The van der Waals surface area contributed by atoms with Crippen molar-refractivity contribution in [1.82, 2.24) is 15.0 Å². The minimum Gasteiger partial charge on any atom is -0.368 e. The van der Waals surface area contributed by atoms with E-state index in [2.05, 4.69) is 15.0 Å². The maximum absolute atomic E-state index is 11.9. The first-order valence-electron chi connectivity index (χ1n) is 7.17. The van der Waals surface area contributed by atoms with Gasteiger partial charge in [0.2, 0.25) is 5.91 Å². The number of benzene rings is 1. The summed E-state index contributed by atoms with van der Waals surface area (Å²) < 4.78 is 0. The van der Waals surface area contributed by atoms with Gasteiger partial charge in [0.05, 0.1) is 0 Å². The highest BCUT2D eigenvalue weighted by Crippen LogP contribution is 2.22. The second kappa shape index (κ2) is 5.96. The Morgan fingerprint density at radius 3 is 2.83 bits per heavy atom. The molecule has 4 N–H and O–H groups in total. The standard InChI is InChI=1S/C16H17N5O2/c1-21(15-6-10-4-2-3-5-12(10)20-15)13(16(17)23)7-11-8-18-14(9-22)19-11/h2-6,8-9,13,20H,7H2,1H3,(H2,17,23)(H,18,19)/t13-/m0/s1. The molecular weight excluding hydrogens is 294 g/mol. The van der Waals surface area contributed by atoms with Crippen molar-refractivity contribution in [3.63, 3.8) is 0 Å². The minimum atomic E-state index is -0.567. The van der Waals surface area contributed by atoms with Gasteiger partial charge in [-0.15, -0.1) is 0 Å². The quantitative estimate of drug-likeness (QED) is 0.595. The van der Waals surface area contributed by atoms with Crippen LogP contribution in [0.1, 0.15) is 16.3 Å². The molecule has 0 aliphatic rings. The number of nitrogens with one attached hydrogen (secondary N) is 2. The molecular formula is C16H17N5O2. The second-order valence-electron chi connectivity index (χ2n) is 5.39. The molecule has 0 fully saturated rings. The third kappa shape index (κ3) is 2.94. The van der Waals surface area contributed by atoms with Gasteiger partial charge in [-0.2, -0.15) is 0 Å². The monoisotopic (exact) mass is 311 g/mol. The van der Waals surface area contributed by atoms with Crippen molar-refractivity contribution in [1.29, 1.82) is 0 Å². The summed E-state index contributed by atoms with van der Waals surface area (Å²) >= 11 is 0. The first-order chi connectivity index (χ1) is 11.1. The summed E-state index contributed by atoms with van der Waals surface area (Å²) in [6.45, 7) is 0. The molecule has 118 valence electrons. The fourth-order valence-electron chi connectivity index (χ4n) is 2.59. The van der Waals surface area contributed by atoms with E-state index in [9.17, 15) is 9.59 Å². The summed E-state index contributed by atoms with van der Waals surface area (Å²) in [5, 5.41) is 1.06. The van der Waals surface area contributed by atoms with Crippen LogP contribution in [0.4, 0.5) is 5.82 Å². The number of hydrogen-bond donors (Lipinski definition) is 3. The van der Waals surface area contributed by atoms with Crippen molar-refractivity contribution in [2.75, 3.05) is 11.9 Å². The molecule has 1 atom stereocenters. The van der Waals surface area contributed by atoms with Gasteiger partial charge in [-0.1, -0.05) is 18.2 Å². The number of H-pyrrole nitrogens is 2. The zero-order chi connectivity index (χ0) is 16.4. The van der Waals surface area contributed by atoms with E-state index in [1.165, 1.54) is 0 Å². The molecule has 0 aliphatic heterocycles. The molecule has 3 aromatic rings. The zero-order valence-electron chi connectivity index (χ0n) is 12.6. The van der Waals surface area contributed by atoms with Crippen molar-refractivity contribution in [3.05, 3.63) is 48.0 Å². The topological polar surface area (TPSA) is 108 Å². The Bertz CT molecular complexity index is 818. The molecule has 1 aromatic carbocycles. The lowest BCUT2D eigenvalue weighted by molar-refractivity contribution is -0.119. The summed E-state index contributed by atoms with van der Waals surface area (Å²) in [6, 6.07) is 9.26. The van der Waals surface area contributed by atoms with Gasteiger partial charge in [0.25, 0.3) is 0 Å². The van der Waals surface area contributed by atoms with Crippen molar-refractivity contribution in [2.45, 2.75) is 12.5 Å². The lowest BCUT2D eigenvalue weighted by atomic mass is 10.1. The predicted molar refractivity (Wildman–Crippen MR) is 87.4 cm³/mol. The number of amides is 1. The Kier molecular flexibility index (Phi) is 3.84. The molecule has 7 nitrogen and oxygen atoms in total. The summed E-state index contributed by atoms with van der Waals surface area (Å²) in [6.07, 6.45) is 2.50. The van der Waals surface area contributed by atoms with Crippen molar-refractivity contribution >= 4 is 28.9 Å². The summed E-state index contributed by atoms with van der Waals surface area (Å²) in [5.41, 5.74) is 7.23. The average molecular weight is 311 g/mol. The van der Waals surface area contributed by atoms with Crippen LogP contribution in [0, 0.1) is 0 Å². The van der Waals surface area contributed by atoms with Crippen LogP contribution in [0.3, 0.4) is 0 Å². The van der Waals surface area contributed by atoms with Crippen molar-refractivity contribution < 1.29 is 9.59 Å². The maximum Gasteiger partial charge on any atom is 0.240 e. The lowest BCUT2D eigenvalue weighted by Crippen LogP contribution is -2.44. The molecule has 2 aromatic heterocycles. The molecule has 0 aliphatic carbocycles. The minimum absolute atomic E-state index is 0.233. The van der Waals surface area contributed by atoms with Crippen LogP contribution in [0.5, 0.6) is 0 Å². The molecule has 2 heterocycles. The number of likely N-dealkylation sites (N-methyl/N-ethyl adjacent to an activating group) is 1. The number of fused-ring (bicyclic) bond motifs is 1. The molecule has 0 saturated carbocycles. The van der Waals surface area contributed by atoms with Crippen molar-refractivity contribution in [2.24, 2.45) is 5.73 Å². The van der Waals surface area contributed by atoms with Gasteiger partial charge in [-0.25, -0.2) is 4.98 Å². The van der Waals surface area contributed by atoms with Crippen LogP contribution in [-0.4, -0.2) is 40.2 Å². The molecule has 0 spiro atoms. The molecule has 0 unspecified atom stereocenters. The van der Waals surface area contributed by atoms with E-state index in [4.69, 9.17) is 5.73 Å². The third-order valence-electron chi connectivity index (χ3n) is 3.86. The highest BCUT2D eigenvalue weighted by molar-refractivity contribution is 5.87. The first kappa shape index (κ1) is 14.8. The number of carbonyl (C=O) groups is 2. The fraction of sp³-hybridized carbons (Fsp3) is 0.188. The number of anilines is 1. The van der Waals surface area contributed by atoms with E-state index in [0.717, 1.165) is 16.7 Å². The van der Waals surface area contributed by atoms with Crippen LogP contribution >= 0.6 is 0 Å². The number of rotatable bonds is 6. The van der Waals surface area contributed by atoms with E-state index in [1.54, 1.807) is 18.1 Å². The molecule has 23 heavy (non-hydrogen) atoms. The van der Waals surface area contributed by atoms with E-state index < -0.39 is 11.9 Å². The number of aromatic nitrogens is 3. The normalized spacial score (nSPS) is 12.2. The Hall–Kier alpha value is -3.09. The molecule has 3 rings (SSSR count). The maximum atomic E-state index is 11.9. The number of para-hydroxylation sites is 1. The Morgan fingerprint density at radius 2 is 2.17 bits per heavy atom. The van der Waals surface area contributed by atoms with E-state index in [-0.39, 0.29) is 5.82 Å². The van der Waals surface area contributed by atoms with Crippen LogP contribution in [0.25, 0.3) is 10.9 Å². The molecule has 0 saturated heterocycles. The smallest absolute Gasteiger partial charge is 0.240 e. The fourth-order valence-corrected chi connectivity index (χ4v) is 2.59. The van der Waals surface area contributed by atoms with Gasteiger partial charge in [-0.05, 0) is 12.1 Å². The van der Waals surface area contributed by atoms with Gasteiger partial charge in [0.1, 0.15) is 11.9 Å². The van der Waals surface area contributed by atoms with Crippen LogP contribution in [0.2, 0.25) is 0 Å². The molecule has 0 radical (unpaired) electrons. The second-order valence-corrected chi connectivity index (χ2v) is 5.39.